The molecule has 0 aromatic heterocycles. The Kier molecular flexibility index (Phi) is 16.9. The van der Waals surface area contributed by atoms with Gasteiger partial charge in [0.2, 0.25) is 5.91 Å². The molecule has 1 saturated heterocycles. The highest BCUT2D eigenvalue weighted by atomic mass is 16.5. The summed E-state index contributed by atoms with van der Waals surface area (Å²) < 4.78 is 17.4. The van der Waals surface area contributed by atoms with E-state index in [9.17, 15) is 39.3 Å². The Hall–Kier alpha value is -3.22. The summed E-state index contributed by atoms with van der Waals surface area (Å²) in [5.74, 6) is -12.4. The number of carbonyl (C=O) groups excluding carboxylic acids is 3. The first-order valence-electron chi connectivity index (χ1n) is 20.8. The molecule has 336 valence electrons. The topological polar surface area (TPSA) is 194 Å². The third-order valence-corrected chi connectivity index (χ3v) is 13.8. The van der Waals surface area contributed by atoms with Crippen LogP contribution in [0.1, 0.15) is 138 Å². The van der Waals surface area contributed by atoms with Crippen molar-refractivity contribution in [3.05, 3.63) is 0 Å². The molecule has 1 rings (SSSR count). The number of rotatable bonds is 19. The van der Waals surface area contributed by atoms with Gasteiger partial charge in [-0.2, -0.15) is 0 Å². The van der Waals surface area contributed by atoms with Gasteiger partial charge < -0.3 is 34.4 Å². The number of carboxylic acid groups (broad SMARTS) is 3. The number of nitrogens with zero attached hydrogens (tertiary/aromatic N) is 1. The van der Waals surface area contributed by atoms with E-state index in [-0.39, 0.29) is 39.3 Å². The monoisotopic (exact) mass is 826 g/mol. The Labute approximate surface area is 348 Å². The zero-order chi connectivity index (χ0) is 45.9. The molecule has 3 N–H and O–H groups in total. The predicted octanol–water partition coefficient (Wildman–Crippen LogP) is 7.92. The second-order valence-electron chi connectivity index (χ2n) is 22.0. The summed E-state index contributed by atoms with van der Waals surface area (Å²) >= 11 is 0. The van der Waals surface area contributed by atoms with Crippen LogP contribution >= 0.6 is 0 Å². The normalized spacial score (nSPS) is 18.8. The van der Waals surface area contributed by atoms with E-state index in [4.69, 9.17) is 14.2 Å². The van der Waals surface area contributed by atoms with Crippen molar-refractivity contribution in [2.24, 2.45) is 73.4 Å². The summed E-state index contributed by atoms with van der Waals surface area (Å²) in [6.45, 7) is 34.8. The first-order valence-corrected chi connectivity index (χ1v) is 20.8. The first-order chi connectivity index (χ1) is 25.9. The maximum absolute atomic E-state index is 15.2. The van der Waals surface area contributed by atoms with Crippen LogP contribution in [0.4, 0.5) is 0 Å². The molecule has 58 heavy (non-hydrogen) atoms. The van der Waals surface area contributed by atoms with Crippen molar-refractivity contribution in [2.45, 2.75) is 144 Å². The maximum atomic E-state index is 15.2. The summed E-state index contributed by atoms with van der Waals surface area (Å²) in [6.07, 6.45) is -0.746. The van der Waals surface area contributed by atoms with Crippen molar-refractivity contribution >= 4 is 35.8 Å². The van der Waals surface area contributed by atoms with E-state index >= 15 is 4.79 Å². The van der Waals surface area contributed by atoms with Crippen LogP contribution < -0.4 is 0 Å². The number of hydrogen-bond donors (Lipinski definition) is 3. The van der Waals surface area contributed by atoms with Crippen LogP contribution in [-0.4, -0.2) is 95.0 Å². The second kappa shape index (κ2) is 18.6. The molecular weight excluding hydrogens is 746 g/mol. The molecule has 13 nitrogen and oxygen atoms in total. The van der Waals surface area contributed by atoms with E-state index in [1.165, 1.54) is 6.92 Å². The first kappa shape index (κ1) is 52.8. The average Bonchev–Trinajstić information content (AvgIpc) is 3.02. The van der Waals surface area contributed by atoms with Gasteiger partial charge in [-0.3, -0.25) is 28.8 Å². The summed E-state index contributed by atoms with van der Waals surface area (Å²) in [5.41, 5.74) is -7.26. The standard InChI is InChI=1S/C45H79NO12/c1-20-57-37(55)28(44(16,17)45(18,19)38(40(7,8)9)58-27(3)47)26(2)43(14,15)29(33(48)46-21-23-56-24-22-46)31(35(51)52)41(10,11)25-42(12,13)32(36(53)54)30(34(49)50)39(4,5)6/h26,28-32,38H,20-25H2,1-19H3,(H,49,50)(H,51,52)(H,53,54). The van der Waals surface area contributed by atoms with Crippen LogP contribution in [0.5, 0.6) is 0 Å². The van der Waals surface area contributed by atoms with Gasteiger partial charge in [0.25, 0.3) is 0 Å². The van der Waals surface area contributed by atoms with Gasteiger partial charge >= 0.3 is 29.8 Å². The van der Waals surface area contributed by atoms with Crippen molar-refractivity contribution in [1.82, 2.24) is 4.90 Å². The molecule has 0 aromatic carbocycles. The lowest BCUT2D eigenvalue weighted by molar-refractivity contribution is -0.192. The molecule has 1 fully saturated rings. The van der Waals surface area contributed by atoms with Crippen LogP contribution in [0.25, 0.3) is 0 Å². The van der Waals surface area contributed by atoms with Gasteiger partial charge in [-0.1, -0.05) is 118 Å². The Bertz CT molecular complexity index is 1490. The van der Waals surface area contributed by atoms with E-state index in [1.807, 2.05) is 55.4 Å². The Balaban J connectivity index is 4.28. The molecule has 1 aliphatic rings. The maximum Gasteiger partial charge on any atom is 0.309 e. The average molecular weight is 826 g/mol. The van der Waals surface area contributed by atoms with Crippen molar-refractivity contribution < 1.29 is 58.3 Å². The number of ether oxygens (including phenoxy) is 3. The fourth-order valence-electron chi connectivity index (χ4n) is 10.5. The summed E-state index contributed by atoms with van der Waals surface area (Å²) in [5, 5.41) is 32.3. The number of carbonyl (C=O) groups is 6. The number of morpholine rings is 1. The van der Waals surface area contributed by atoms with Gasteiger partial charge in [0, 0.05) is 25.4 Å². The van der Waals surface area contributed by atoms with Crippen molar-refractivity contribution in [2.75, 3.05) is 32.9 Å². The third-order valence-electron chi connectivity index (χ3n) is 13.8. The highest BCUT2D eigenvalue weighted by Gasteiger charge is 2.62. The van der Waals surface area contributed by atoms with Crippen LogP contribution in [-0.2, 0) is 43.0 Å². The molecule has 0 bridgehead atoms. The molecule has 1 amide bonds. The molecule has 0 saturated carbocycles. The van der Waals surface area contributed by atoms with Gasteiger partial charge in [-0.05, 0) is 51.8 Å². The van der Waals surface area contributed by atoms with Crippen LogP contribution in [0.15, 0.2) is 0 Å². The van der Waals surface area contributed by atoms with E-state index in [0.717, 1.165) is 0 Å². The number of esters is 2. The Morgan fingerprint density at radius 2 is 1.03 bits per heavy atom. The lowest BCUT2D eigenvalue weighted by atomic mass is 9.48. The van der Waals surface area contributed by atoms with Gasteiger partial charge in [0.15, 0.2) is 0 Å². The molecule has 13 heteroatoms. The zero-order valence-electron chi connectivity index (χ0n) is 39.2. The fraction of sp³-hybridized carbons (Fsp3) is 0.867. The fourth-order valence-corrected chi connectivity index (χ4v) is 10.5. The van der Waals surface area contributed by atoms with Crippen LogP contribution in [0.3, 0.4) is 0 Å². The van der Waals surface area contributed by atoms with E-state index in [0.29, 0.717) is 0 Å². The highest BCUT2D eigenvalue weighted by Crippen LogP contribution is 2.60. The lowest BCUT2D eigenvalue weighted by Crippen LogP contribution is -2.60. The van der Waals surface area contributed by atoms with E-state index < -0.39 is 115 Å². The smallest absolute Gasteiger partial charge is 0.309 e. The molecule has 1 aliphatic heterocycles. The Morgan fingerprint density at radius 1 is 0.621 bits per heavy atom. The molecule has 0 aromatic rings. The quantitative estimate of drug-likeness (QED) is 0.107. The number of aliphatic carboxylic acids is 3. The van der Waals surface area contributed by atoms with Gasteiger partial charge in [0.05, 0.1) is 49.4 Å². The summed E-state index contributed by atoms with van der Waals surface area (Å²) in [6, 6.07) is 0. The third kappa shape index (κ3) is 11.5. The SMILES string of the molecule is CCOC(=O)C(C(C)C(C)(C)C(C(=O)N1CCOCC1)C(C(=O)O)C(C)(C)CC(C)(C)C(C(=O)O)C(C(=O)O)C(C)(C)C)C(C)(C)C(C)(C)C(OC(C)=O)C(C)(C)C. The number of hydrogen-bond acceptors (Lipinski definition) is 9. The zero-order valence-corrected chi connectivity index (χ0v) is 39.2. The minimum atomic E-state index is -1.44. The molecule has 0 radical (unpaired) electrons. The molecule has 0 spiro atoms. The molecule has 7 atom stereocenters. The number of carboxylic acids is 3. The van der Waals surface area contributed by atoms with Crippen LogP contribution in [0, 0.1) is 73.4 Å². The van der Waals surface area contributed by atoms with Crippen molar-refractivity contribution in [3.8, 4) is 0 Å². The lowest BCUT2D eigenvalue weighted by Gasteiger charge is -2.57. The van der Waals surface area contributed by atoms with E-state index in [2.05, 4.69) is 0 Å². The van der Waals surface area contributed by atoms with Gasteiger partial charge in [0.1, 0.15) is 6.10 Å². The van der Waals surface area contributed by atoms with E-state index in [1.54, 1.807) is 74.1 Å². The van der Waals surface area contributed by atoms with Crippen molar-refractivity contribution in [3.63, 3.8) is 0 Å². The Morgan fingerprint density at radius 3 is 1.38 bits per heavy atom. The summed E-state index contributed by atoms with van der Waals surface area (Å²) in [4.78, 5) is 83.5. The minimum Gasteiger partial charge on any atom is -0.481 e. The molecular formula is C45H79NO12. The largest absolute Gasteiger partial charge is 0.481 e. The number of amides is 1. The van der Waals surface area contributed by atoms with Gasteiger partial charge in [-0.15, -0.1) is 0 Å². The molecule has 0 aliphatic carbocycles. The minimum absolute atomic E-state index is 0.0677. The van der Waals surface area contributed by atoms with Crippen molar-refractivity contribution in [1.29, 1.82) is 0 Å². The molecule has 1 heterocycles. The second-order valence-corrected chi connectivity index (χ2v) is 22.0. The van der Waals surface area contributed by atoms with Crippen LogP contribution in [0.2, 0.25) is 0 Å². The highest BCUT2D eigenvalue weighted by molar-refractivity contribution is 5.86. The predicted molar refractivity (Wildman–Crippen MR) is 222 cm³/mol. The van der Waals surface area contributed by atoms with Gasteiger partial charge in [-0.25, -0.2) is 0 Å². The molecule has 7 unspecified atom stereocenters. The summed E-state index contributed by atoms with van der Waals surface area (Å²) in [7, 11) is 0.